The fraction of sp³-hybridized carbons (Fsp3) is 0.548. The van der Waals surface area contributed by atoms with Gasteiger partial charge in [0, 0.05) is 48.1 Å². The van der Waals surface area contributed by atoms with Crippen molar-refractivity contribution in [2.24, 2.45) is 23.0 Å². The molecule has 10 heteroatoms. The molecule has 0 radical (unpaired) electrons. The molecule has 0 spiro atoms. The average molecular weight is 611 g/mol. The molecule has 2 aromatic rings. The van der Waals surface area contributed by atoms with Crippen molar-refractivity contribution in [1.29, 1.82) is 0 Å². The molecular formula is C31H39Cl2F2N3O3. The fourth-order valence-corrected chi connectivity index (χ4v) is 6.81. The van der Waals surface area contributed by atoms with E-state index in [0.717, 1.165) is 0 Å². The van der Waals surface area contributed by atoms with Crippen LogP contribution in [0.1, 0.15) is 70.5 Å². The number of hydrogen-bond acceptors (Lipinski definition) is 4. The summed E-state index contributed by atoms with van der Waals surface area (Å²) in [7, 11) is 0. The van der Waals surface area contributed by atoms with E-state index in [0.29, 0.717) is 45.4 Å². The number of carbonyl (C=O) groups is 2. The lowest BCUT2D eigenvalue weighted by Gasteiger charge is -2.41. The van der Waals surface area contributed by atoms with E-state index >= 15 is 8.78 Å². The summed E-state index contributed by atoms with van der Waals surface area (Å²) in [6, 6.07) is 7.57. The normalized spacial score (nSPS) is 23.6. The van der Waals surface area contributed by atoms with Gasteiger partial charge in [0.25, 0.3) is 0 Å². The molecule has 2 aromatic carbocycles. The number of benzene rings is 2. The molecule has 4 rings (SSSR count). The molecule has 2 N–H and O–H groups in total. The predicted octanol–water partition coefficient (Wildman–Crippen LogP) is 7.32. The Kier molecular flexibility index (Phi) is 9.56. The molecule has 2 fully saturated rings. The molecular weight excluding hydrogens is 571 g/mol. The first-order valence-electron chi connectivity index (χ1n) is 14.2. The fourth-order valence-electron chi connectivity index (χ4n) is 6.47. The smallest absolute Gasteiger partial charge is 0.320 e. The number of nitrogens with two attached hydrogens (primary N) is 1. The zero-order valence-corrected chi connectivity index (χ0v) is 25.6. The van der Waals surface area contributed by atoms with E-state index in [9.17, 15) is 9.59 Å². The molecule has 2 saturated heterocycles. The Bertz CT molecular complexity index is 1280. The van der Waals surface area contributed by atoms with Crippen molar-refractivity contribution >= 4 is 35.2 Å². The first-order valence-corrected chi connectivity index (χ1v) is 14.9. The second-order valence-electron chi connectivity index (χ2n) is 12.4. The van der Waals surface area contributed by atoms with Crippen LogP contribution in [0.5, 0.6) is 0 Å². The van der Waals surface area contributed by atoms with Gasteiger partial charge in [0.15, 0.2) is 0 Å². The van der Waals surface area contributed by atoms with Crippen LogP contribution in [0, 0.1) is 28.9 Å². The number of piperidine rings is 1. The van der Waals surface area contributed by atoms with Crippen molar-refractivity contribution in [3.63, 3.8) is 0 Å². The van der Waals surface area contributed by atoms with Crippen LogP contribution in [0.25, 0.3) is 0 Å². The van der Waals surface area contributed by atoms with E-state index < -0.39 is 29.1 Å². The van der Waals surface area contributed by atoms with Gasteiger partial charge in [0.2, 0.25) is 0 Å². The van der Waals surface area contributed by atoms with Gasteiger partial charge in [-0.1, -0.05) is 62.2 Å². The van der Waals surface area contributed by atoms with E-state index in [-0.39, 0.29) is 51.1 Å². The van der Waals surface area contributed by atoms with E-state index in [1.807, 2.05) is 0 Å². The molecule has 6 nitrogen and oxygen atoms in total. The Morgan fingerprint density at radius 3 is 2.41 bits per heavy atom. The molecule has 41 heavy (non-hydrogen) atoms. The topological polar surface area (TPSA) is 75.9 Å². The number of likely N-dealkylation sites (tertiary alicyclic amines) is 2. The Hall–Kier alpha value is -2.42. The van der Waals surface area contributed by atoms with E-state index in [1.54, 1.807) is 34.9 Å². The molecule has 2 aliphatic rings. The average Bonchev–Trinajstić information content (AvgIpc) is 3.16. The monoisotopic (exact) mass is 609 g/mol. The maximum Gasteiger partial charge on any atom is 0.320 e. The maximum atomic E-state index is 15.8. The van der Waals surface area contributed by atoms with Gasteiger partial charge >= 0.3 is 12.0 Å². The van der Waals surface area contributed by atoms with E-state index in [4.69, 9.17) is 33.7 Å². The van der Waals surface area contributed by atoms with Gasteiger partial charge in [-0.3, -0.25) is 4.79 Å². The van der Waals surface area contributed by atoms with Crippen molar-refractivity contribution in [3.8, 4) is 0 Å². The van der Waals surface area contributed by atoms with Gasteiger partial charge in [-0.25, -0.2) is 13.6 Å². The number of nitrogens with zero attached hydrogens (tertiary/aromatic N) is 2. The molecule has 2 heterocycles. The summed E-state index contributed by atoms with van der Waals surface area (Å²) in [5.41, 5.74) is 5.89. The van der Waals surface area contributed by atoms with Crippen molar-refractivity contribution < 1.29 is 23.1 Å². The first kappa shape index (κ1) is 31.5. The second-order valence-corrected chi connectivity index (χ2v) is 13.3. The number of ether oxygens (including phenoxy) is 1. The molecule has 0 saturated carbocycles. The zero-order chi connectivity index (χ0) is 30.1. The predicted molar refractivity (Wildman–Crippen MR) is 157 cm³/mol. The third kappa shape index (κ3) is 6.65. The van der Waals surface area contributed by atoms with Gasteiger partial charge < -0.3 is 20.3 Å². The van der Waals surface area contributed by atoms with Crippen LogP contribution in [0.15, 0.2) is 36.4 Å². The summed E-state index contributed by atoms with van der Waals surface area (Å²) >= 11 is 12.3. The maximum absolute atomic E-state index is 15.8. The molecule has 3 atom stereocenters. The minimum atomic E-state index is -1.48. The molecule has 224 valence electrons. The summed E-state index contributed by atoms with van der Waals surface area (Å²) in [5.74, 6) is -1.84. The van der Waals surface area contributed by atoms with Crippen molar-refractivity contribution in [1.82, 2.24) is 9.80 Å². The lowest BCUT2D eigenvalue weighted by atomic mass is 9.69. The molecule has 2 amide bonds. The van der Waals surface area contributed by atoms with E-state index in [2.05, 4.69) is 20.8 Å². The number of urea groups is 1. The highest BCUT2D eigenvalue weighted by atomic mass is 35.5. The van der Waals surface area contributed by atoms with Gasteiger partial charge in [0.1, 0.15) is 11.6 Å². The number of rotatable bonds is 6. The molecule has 0 unspecified atom stereocenters. The Labute approximate surface area is 251 Å². The summed E-state index contributed by atoms with van der Waals surface area (Å²) in [4.78, 5) is 29.5. The van der Waals surface area contributed by atoms with Gasteiger partial charge in [-0.05, 0) is 55.7 Å². The third-order valence-corrected chi connectivity index (χ3v) is 8.81. The van der Waals surface area contributed by atoms with Crippen molar-refractivity contribution in [2.45, 2.75) is 65.0 Å². The highest BCUT2D eigenvalue weighted by molar-refractivity contribution is 6.31. The van der Waals surface area contributed by atoms with Crippen LogP contribution in [0.3, 0.4) is 0 Å². The van der Waals surface area contributed by atoms with Gasteiger partial charge in [-0.2, -0.15) is 0 Å². The Balaban J connectivity index is 1.76. The summed E-state index contributed by atoms with van der Waals surface area (Å²) in [6.45, 7) is 9.33. The quantitative estimate of drug-likeness (QED) is 0.348. The minimum absolute atomic E-state index is 0.104. The van der Waals surface area contributed by atoms with Crippen LogP contribution in [-0.4, -0.2) is 48.0 Å². The summed E-state index contributed by atoms with van der Waals surface area (Å²) in [6.07, 6.45) is 2.14. The number of halogens is 4. The van der Waals surface area contributed by atoms with E-state index in [1.165, 1.54) is 18.2 Å². The number of carbonyl (C=O) groups excluding carboxylic acids is 2. The van der Waals surface area contributed by atoms with Crippen LogP contribution in [0.4, 0.5) is 13.6 Å². The van der Waals surface area contributed by atoms with Crippen LogP contribution >= 0.6 is 23.2 Å². The highest BCUT2D eigenvalue weighted by Gasteiger charge is 2.57. The van der Waals surface area contributed by atoms with Crippen molar-refractivity contribution in [2.75, 3.05) is 26.2 Å². The molecule has 0 aromatic heterocycles. The van der Waals surface area contributed by atoms with Crippen LogP contribution in [-0.2, 0) is 15.1 Å². The molecule has 2 aliphatic heterocycles. The molecule has 0 aliphatic carbocycles. The standard InChI is InChI=1S/C31H39Cl2F2N3O3/c1-5-41-26(39)15-19-11-13-37(14-12-19)29(40)38-18-20(17-30(2,3)4)31(36,23-10-9-21(32)16-25(23)34)28(38)22-7-6-8-24(33)27(22)35/h6-10,16,19-20,28H,5,11-15,17-18,36H2,1-4H3/t20-,28-,31+/m1/s1. The van der Waals surface area contributed by atoms with Gasteiger partial charge in [0.05, 0.1) is 23.2 Å². The van der Waals surface area contributed by atoms with Crippen LogP contribution in [0.2, 0.25) is 10.0 Å². The zero-order valence-electron chi connectivity index (χ0n) is 24.1. The highest BCUT2D eigenvalue weighted by Crippen LogP contribution is 2.54. The number of hydrogen-bond donors (Lipinski definition) is 1. The lowest BCUT2D eigenvalue weighted by molar-refractivity contribution is -0.144. The summed E-state index contributed by atoms with van der Waals surface area (Å²) < 4.78 is 36.5. The van der Waals surface area contributed by atoms with Gasteiger partial charge in [-0.15, -0.1) is 0 Å². The second kappa shape index (κ2) is 12.4. The Morgan fingerprint density at radius 2 is 1.80 bits per heavy atom. The van der Waals surface area contributed by atoms with Crippen LogP contribution < -0.4 is 5.73 Å². The third-order valence-electron chi connectivity index (χ3n) is 8.28. The largest absolute Gasteiger partial charge is 0.466 e. The Morgan fingerprint density at radius 1 is 1.12 bits per heavy atom. The minimum Gasteiger partial charge on any atom is -0.466 e. The van der Waals surface area contributed by atoms with Crippen molar-refractivity contribution in [3.05, 3.63) is 69.2 Å². The summed E-state index contributed by atoms with van der Waals surface area (Å²) in [5, 5.41) is 0.109. The first-order chi connectivity index (χ1) is 19.3. The SMILES string of the molecule is CCOC(=O)CC1CCN(C(=O)N2C[C@@H](CC(C)(C)C)[C@](N)(c3ccc(Cl)cc3F)[C@H]2c2cccc(Cl)c2F)CC1. The molecule has 0 bridgehead atoms. The lowest BCUT2D eigenvalue weighted by Crippen LogP contribution is -2.51. The number of amides is 2. The number of esters is 1.